The lowest BCUT2D eigenvalue weighted by molar-refractivity contribution is 0.335. The van der Waals surface area contributed by atoms with Crippen molar-refractivity contribution in [1.82, 2.24) is 4.98 Å². The first-order chi connectivity index (χ1) is 8.77. The number of pyridine rings is 1. The number of rotatable bonds is 1. The standard InChI is InChI=1S/C14H19N3S/c1-11-5-8-15-9-12(11)16-13-17-14(10-18-13)6-3-2-4-7-14/h5,8-9H,2-4,6-7,10H2,1H3,(H,16,17). The molecule has 1 saturated carbocycles. The van der Waals surface area contributed by atoms with E-state index in [1.54, 1.807) is 0 Å². The van der Waals surface area contributed by atoms with Crippen LogP contribution in [0.4, 0.5) is 5.69 Å². The summed E-state index contributed by atoms with van der Waals surface area (Å²) in [5.41, 5.74) is 2.54. The predicted molar refractivity (Wildman–Crippen MR) is 78.3 cm³/mol. The maximum atomic E-state index is 4.96. The molecule has 4 heteroatoms. The van der Waals surface area contributed by atoms with Crippen LogP contribution in [0.3, 0.4) is 0 Å². The average molecular weight is 261 g/mol. The van der Waals surface area contributed by atoms with E-state index in [2.05, 4.69) is 17.2 Å². The number of aliphatic imine (C=N–C) groups is 1. The molecule has 0 unspecified atom stereocenters. The van der Waals surface area contributed by atoms with Gasteiger partial charge in [0.2, 0.25) is 0 Å². The van der Waals surface area contributed by atoms with E-state index < -0.39 is 0 Å². The molecule has 1 aromatic heterocycles. The zero-order valence-electron chi connectivity index (χ0n) is 10.8. The van der Waals surface area contributed by atoms with Gasteiger partial charge in [-0.1, -0.05) is 31.0 Å². The largest absolute Gasteiger partial charge is 0.333 e. The molecule has 0 amide bonds. The Balaban J connectivity index is 1.74. The Bertz CT molecular complexity index is 464. The molecule has 1 spiro atoms. The van der Waals surface area contributed by atoms with Crippen LogP contribution >= 0.6 is 11.8 Å². The van der Waals surface area contributed by atoms with E-state index in [1.165, 1.54) is 37.7 Å². The number of aryl methyl sites for hydroxylation is 1. The SMILES string of the molecule is Cc1ccncc1NC1=NC2(CCCCC2)CS1. The molecule has 2 heterocycles. The van der Waals surface area contributed by atoms with Crippen molar-refractivity contribution < 1.29 is 0 Å². The Hall–Kier alpha value is -1.03. The zero-order valence-corrected chi connectivity index (χ0v) is 11.6. The minimum absolute atomic E-state index is 0.237. The number of amidine groups is 1. The summed E-state index contributed by atoms with van der Waals surface area (Å²) < 4.78 is 0. The van der Waals surface area contributed by atoms with Crippen molar-refractivity contribution in [2.24, 2.45) is 4.99 Å². The van der Waals surface area contributed by atoms with Crippen molar-refractivity contribution >= 4 is 22.6 Å². The number of hydrogen-bond acceptors (Lipinski definition) is 4. The van der Waals surface area contributed by atoms with Gasteiger partial charge in [-0.2, -0.15) is 0 Å². The summed E-state index contributed by atoms with van der Waals surface area (Å²) in [7, 11) is 0. The molecule has 0 atom stereocenters. The Morgan fingerprint density at radius 2 is 2.11 bits per heavy atom. The third-order valence-corrected chi connectivity index (χ3v) is 5.03. The second kappa shape index (κ2) is 4.92. The topological polar surface area (TPSA) is 37.3 Å². The Morgan fingerprint density at radius 1 is 1.28 bits per heavy atom. The van der Waals surface area contributed by atoms with Gasteiger partial charge in [-0.25, -0.2) is 0 Å². The highest BCUT2D eigenvalue weighted by atomic mass is 32.2. The lowest BCUT2D eigenvalue weighted by Crippen LogP contribution is -2.29. The molecule has 2 aliphatic rings. The first kappa shape index (κ1) is 12.0. The van der Waals surface area contributed by atoms with Gasteiger partial charge in [0, 0.05) is 11.9 Å². The molecule has 96 valence electrons. The highest BCUT2D eigenvalue weighted by Crippen LogP contribution is 2.39. The van der Waals surface area contributed by atoms with Crippen LogP contribution in [0.2, 0.25) is 0 Å². The summed E-state index contributed by atoms with van der Waals surface area (Å²) >= 11 is 1.86. The number of thioether (sulfide) groups is 1. The second-order valence-electron chi connectivity index (χ2n) is 5.31. The van der Waals surface area contributed by atoms with E-state index in [-0.39, 0.29) is 5.54 Å². The lowest BCUT2D eigenvalue weighted by Gasteiger charge is -2.29. The molecular weight excluding hydrogens is 242 g/mol. The molecule has 0 bridgehead atoms. The lowest BCUT2D eigenvalue weighted by atomic mass is 9.84. The molecule has 1 aliphatic carbocycles. The van der Waals surface area contributed by atoms with Crippen LogP contribution in [0.5, 0.6) is 0 Å². The smallest absolute Gasteiger partial charge is 0.161 e. The van der Waals surface area contributed by atoms with E-state index in [9.17, 15) is 0 Å². The summed E-state index contributed by atoms with van der Waals surface area (Å²) in [6.45, 7) is 2.10. The average Bonchev–Trinajstić information content (AvgIpc) is 2.76. The highest BCUT2D eigenvalue weighted by molar-refractivity contribution is 8.14. The molecule has 1 aliphatic heterocycles. The Morgan fingerprint density at radius 3 is 2.89 bits per heavy atom. The minimum atomic E-state index is 0.237. The molecule has 0 saturated heterocycles. The monoisotopic (exact) mass is 261 g/mol. The zero-order chi connectivity index (χ0) is 12.4. The number of aromatic nitrogens is 1. The van der Waals surface area contributed by atoms with E-state index in [0.717, 1.165) is 16.6 Å². The van der Waals surface area contributed by atoms with Gasteiger partial charge in [0.15, 0.2) is 5.17 Å². The predicted octanol–water partition coefficient (Wildman–Crippen LogP) is 3.61. The molecule has 1 aromatic rings. The van der Waals surface area contributed by atoms with Crippen LogP contribution in [0.1, 0.15) is 37.7 Å². The summed E-state index contributed by atoms with van der Waals surface area (Å²) in [4.78, 5) is 9.12. The fourth-order valence-electron chi connectivity index (χ4n) is 2.72. The maximum absolute atomic E-state index is 4.96. The van der Waals surface area contributed by atoms with Gasteiger partial charge >= 0.3 is 0 Å². The second-order valence-corrected chi connectivity index (χ2v) is 6.27. The minimum Gasteiger partial charge on any atom is -0.333 e. The molecule has 3 nitrogen and oxygen atoms in total. The molecule has 3 rings (SSSR count). The Kier molecular flexibility index (Phi) is 3.29. The maximum Gasteiger partial charge on any atom is 0.161 e. The van der Waals surface area contributed by atoms with Gasteiger partial charge in [0.05, 0.1) is 17.4 Å². The van der Waals surface area contributed by atoms with Crippen LogP contribution in [-0.2, 0) is 0 Å². The number of nitrogens with zero attached hydrogens (tertiary/aromatic N) is 2. The first-order valence-electron chi connectivity index (χ1n) is 6.68. The van der Waals surface area contributed by atoms with Crippen molar-refractivity contribution in [1.29, 1.82) is 0 Å². The quantitative estimate of drug-likeness (QED) is 0.839. The summed E-state index contributed by atoms with van der Waals surface area (Å²) in [5, 5.41) is 4.51. The van der Waals surface area contributed by atoms with Crippen LogP contribution in [0.15, 0.2) is 23.5 Å². The fraction of sp³-hybridized carbons (Fsp3) is 0.571. The van der Waals surface area contributed by atoms with Crippen LogP contribution < -0.4 is 5.32 Å². The van der Waals surface area contributed by atoms with Gasteiger partial charge in [0.25, 0.3) is 0 Å². The normalized spacial score (nSPS) is 21.9. The molecule has 0 aromatic carbocycles. The van der Waals surface area contributed by atoms with Crippen LogP contribution in [0.25, 0.3) is 0 Å². The van der Waals surface area contributed by atoms with Crippen molar-refractivity contribution in [2.45, 2.75) is 44.6 Å². The molecule has 1 N–H and O–H groups in total. The van der Waals surface area contributed by atoms with Crippen molar-refractivity contribution in [3.63, 3.8) is 0 Å². The van der Waals surface area contributed by atoms with Gasteiger partial charge < -0.3 is 5.32 Å². The summed E-state index contributed by atoms with van der Waals surface area (Å²) in [6, 6.07) is 2.03. The van der Waals surface area contributed by atoms with Gasteiger partial charge in [-0.3, -0.25) is 9.98 Å². The number of hydrogen-bond donors (Lipinski definition) is 1. The summed E-state index contributed by atoms with van der Waals surface area (Å²) in [5.74, 6) is 1.15. The van der Waals surface area contributed by atoms with E-state index >= 15 is 0 Å². The van der Waals surface area contributed by atoms with E-state index in [0.29, 0.717) is 0 Å². The third kappa shape index (κ3) is 2.39. The van der Waals surface area contributed by atoms with Crippen molar-refractivity contribution in [2.75, 3.05) is 11.1 Å². The van der Waals surface area contributed by atoms with E-state index in [4.69, 9.17) is 4.99 Å². The molecule has 1 fully saturated rings. The Labute approximate surface area is 112 Å². The number of anilines is 1. The van der Waals surface area contributed by atoms with Gasteiger partial charge in [0.1, 0.15) is 0 Å². The van der Waals surface area contributed by atoms with Crippen LogP contribution in [-0.4, -0.2) is 21.4 Å². The molecule has 0 radical (unpaired) electrons. The number of nitrogens with one attached hydrogen (secondary N) is 1. The fourth-order valence-corrected chi connectivity index (χ4v) is 3.92. The van der Waals surface area contributed by atoms with E-state index in [1.807, 2.05) is 30.2 Å². The van der Waals surface area contributed by atoms with Crippen molar-refractivity contribution in [3.05, 3.63) is 24.0 Å². The first-order valence-corrected chi connectivity index (χ1v) is 7.66. The molecule has 18 heavy (non-hydrogen) atoms. The van der Waals surface area contributed by atoms with Gasteiger partial charge in [-0.15, -0.1) is 0 Å². The highest BCUT2D eigenvalue weighted by Gasteiger charge is 2.36. The summed E-state index contributed by atoms with van der Waals surface area (Å²) in [6.07, 6.45) is 10.3. The van der Waals surface area contributed by atoms with Gasteiger partial charge in [-0.05, 0) is 31.4 Å². The van der Waals surface area contributed by atoms with Crippen LogP contribution in [0, 0.1) is 6.92 Å². The third-order valence-electron chi connectivity index (χ3n) is 3.88. The molecular formula is C14H19N3S. The van der Waals surface area contributed by atoms with Crippen molar-refractivity contribution in [3.8, 4) is 0 Å².